The number of nitrogens with one attached hydrogen (secondary N) is 3. The lowest BCUT2D eigenvalue weighted by atomic mass is 10.1. The standard InChI is InChI=1S/C16H20BrN3O2S2/c1-9-6-12(4-5-13(9)17)20-24(21,22)16-8-15(23-11(16)3)14-7-10(2)18-19-14/h4-6,8,10,14,18-20H,7H2,1-3H3. The van der Waals surface area contributed by atoms with Crippen LogP contribution in [0.25, 0.3) is 0 Å². The second-order valence-corrected chi connectivity index (χ2v) is 9.91. The van der Waals surface area contributed by atoms with Gasteiger partial charge in [-0.05, 0) is 57.0 Å². The molecule has 0 aliphatic carbocycles. The van der Waals surface area contributed by atoms with E-state index in [0.29, 0.717) is 16.6 Å². The number of halogens is 1. The minimum atomic E-state index is -3.60. The fraction of sp³-hybridized carbons (Fsp3) is 0.375. The smallest absolute Gasteiger partial charge is 0.263 e. The zero-order valence-corrected chi connectivity index (χ0v) is 16.9. The lowest BCUT2D eigenvalue weighted by Gasteiger charge is -2.09. The molecular formula is C16H20BrN3O2S2. The number of rotatable bonds is 4. The first-order chi connectivity index (χ1) is 11.3. The van der Waals surface area contributed by atoms with Crippen LogP contribution >= 0.6 is 27.3 Å². The van der Waals surface area contributed by atoms with Gasteiger partial charge in [0, 0.05) is 26.0 Å². The Balaban J connectivity index is 1.86. The molecule has 0 spiro atoms. The highest BCUT2D eigenvalue weighted by Crippen LogP contribution is 2.34. The molecule has 1 fully saturated rings. The summed E-state index contributed by atoms with van der Waals surface area (Å²) in [5, 5.41) is 0. The van der Waals surface area contributed by atoms with E-state index in [0.717, 1.165) is 26.2 Å². The van der Waals surface area contributed by atoms with E-state index in [4.69, 9.17) is 0 Å². The van der Waals surface area contributed by atoms with E-state index in [1.165, 1.54) is 11.3 Å². The number of sulfonamides is 1. The molecule has 24 heavy (non-hydrogen) atoms. The lowest BCUT2D eigenvalue weighted by molar-refractivity contribution is 0.564. The Morgan fingerprint density at radius 1 is 1.25 bits per heavy atom. The Kier molecular flexibility index (Phi) is 5.04. The second-order valence-electron chi connectivity index (χ2n) is 6.12. The molecule has 2 heterocycles. The first-order valence-corrected chi connectivity index (χ1v) is 10.8. The summed E-state index contributed by atoms with van der Waals surface area (Å²) in [6.07, 6.45) is 0.943. The van der Waals surface area contributed by atoms with Crippen LogP contribution in [0, 0.1) is 13.8 Å². The highest BCUT2D eigenvalue weighted by Gasteiger charge is 2.27. The normalized spacial score (nSPS) is 21.2. The van der Waals surface area contributed by atoms with Crippen LogP contribution in [0.3, 0.4) is 0 Å². The Morgan fingerprint density at radius 3 is 2.62 bits per heavy atom. The fourth-order valence-electron chi connectivity index (χ4n) is 2.75. The largest absolute Gasteiger partial charge is 0.280 e. The topological polar surface area (TPSA) is 70.2 Å². The Hall–Kier alpha value is -0.930. The summed E-state index contributed by atoms with van der Waals surface area (Å²) in [5.74, 6) is 0. The van der Waals surface area contributed by atoms with Crippen molar-refractivity contribution in [3.8, 4) is 0 Å². The van der Waals surface area contributed by atoms with Gasteiger partial charge in [-0.2, -0.15) is 0 Å². The molecule has 1 aromatic heterocycles. The van der Waals surface area contributed by atoms with E-state index in [2.05, 4.69) is 38.4 Å². The summed E-state index contributed by atoms with van der Waals surface area (Å²) in [6, 6.07) is 7.72. The number of aryl methyl sites for hydroxylation is 2. The Morgan fingerprint density at radius 2 is 2.00 bits per heavy atom. The molecule has 0 amide bonds. The average Bonchev–Trinajstić information content (AvgIpc) is 3.09. The second kappa shape index (κ2) is 6.76. The van der Waals surface area contributed by atoms with Crippen molar-refractivity contribution in [1.29, 1.82) is 0 Å². The van der Waals surface area contributed by atoms with Crippen molar-refractivity contribution in [2.24, 2.45) is 0 Å². The van der Waals surface area contributed by atoms with Crippen molar-refractivity contribution in [1.82, 2.24) is 10.9 Å². The maximum atomic E-state index is 12.8. The van der Waals surface area contributed by atoms with Gasteiger partial charge in [0.1, 0.15) is 4.90 Å². The molecule has 2 aromatic rings. The summed E-state index contributed by atoms with van der Waals surface area (Å²) < 4.78 is 29.1. The van der Waals surface area contributed by atoms with Crippen molar-refractivity contribution in [3.05, 3.63) is 44.1 Å². The highest BCUT2D eigenvalue weighted by molar-refractivity contribution is 9.10. The molecule has 8 heteroatoms. The van der Waals surface area contributed by atoms with Crippen molar-refractivity contribution in [2.45, 2.75) is 44.2 Å². The van der Waals surface area contributed by atoms with Crippen molar-refractivity contribution < 1.29 is 8.42 Å². The van der Waals surface area contributed by atoms with Gasteiger partial charge < -0.3 is 0 Å². The third-order valence-corrected chi connectivity index (χ3v) is 7.72. The van der Waals surface area contributed by atoms with E-state index in [1.807, 2.05) is 26.0 Å². The number of hydrazine groups is 1. The van der Waals surface area contributed by atoms with Gasteiger partial charge >= 0.3 is 0 Å². The van der Waals surface area contributed by atoms with Gasteiger partial charge in [-0.3, -0.25) is 10.1 Å². The van der Waals surface area contributed by atoms with Crippen LogP contribution in [0.4, 0.5) is 5.69 Å². The summed E-state index contributed by atoms with van der Waals surface area (Å²) in [5.41, 5.74) is 7.94. The molecule has 0 radical (unpaired) electrons. The van der Waals surface area contributed by atoms with Crippen LogP contribution in [0.1, 0.15) is 34.7 Å². The molecule has 2 unspecified atom stereocenters. The third kappa shape index (κ3) is 3.67. The average molecular weight is 430 g/mol. The van der Waals surface area contributed by atoms with Gasteiger partial charge in [0.25, 0.3) is 10.0 Å². The molecule has 0 saturated carbocycles. The molecule has 3 N–H and O–H groups in total. The molecular weight excluding hydrogens is 410 g/mol. The molecule has 5 nitrogen and oxygen atoms in total. The van der Waals surface area contributed by atoms with Gasteiger partial charge in [0.05, 0.1) is 6.04 Å². The molecule has 2 atom stereocenters. The van der Waals surface area contributed by atoms with Crippen molar-refractivity contribution >= 4 is 43.0 Å². The van der Waals surface area contributed by atoms with E-state index in [-0.39, 0.29) is 6.04 Å². The van der Waals surface area contributed by atoms with Crippen LogP contribution in [0.5, 0.6) is 0 Å². The molecule has 130 valence electrons. The van der Waals surface area contributed by atoms with Gasteiger partial charge in [-0.1, -0.05) is 15.9 Å². The van der Waals surface area contributed by atoms with Gasteiger partial charge in [-0.15, -0.1) is 11.3 Å². The van der Waals surface area contributed by atoms with Gasteiger partial charge in [-0.25, -0.2) is 13.8 Å². The Bertz CT molecular complexity index is 864. The third-order valence-electron chi connectivity index (χ3n) is 4.03. The summed E-state index contributed by atoms with van der Waals surface area (Å²) in [4.78, 5) is 2.19. The fourth-order valence-corrected chi connectivity index (χ4v) is 5.72. The first-order valence-electron chi connectivity index (χ1n) is 7.66. The SMILES string of the molecule is Cc1cc(NS(=O)(=O)c2cc(C3CC(C)NN3)sc2C)ccc1Br. The predicted octanol–water partition coefficient (Wildman–Crippen LogP) is 3.86. The molecule has 1 saturated heterocycles. The number of thiophene rings is 1. The number of anilines is 1. The Labute approximate surface area is 155 Å². The first kappa shape index (κ1) is 17.9. The highest BCUT2D eigenvalue weighted by atomic mass is 79.9. The minimum absolute atomic E-state index is 0.155. The number of hydrogen-bond acceptors (Lipinski definition) is 5. The quantitative estimate of drug-likeness (QED) is 0.689. The summed E-state index contributed by atoms with van der Waals surface area (Å²) >= 11 is 4.95. The predicted molar refractivity (Wildman–Crippen MR) is 102 cm³/mol. The van der Waals surface area contributed by atoms with Crippen molar-refractivity contribution in [2.75, 3.05) is 4.72 Å². The molecule has 1 aliphatic rings. The molecule has 3 rings (SSSR count). The van der Waals surface area contributed by atoms with Crippen LogP contribution in [0.15, 0.2) is 33.6 Å². The monoisotopic (exact) mass is 429 g/mol. The zero-order chi connectivity index (χ0) is 17.5. The number of benzene rings is 1. The van der Waals surface area contributed by atoms with Crippen LogP contribution in [-0.4, -0.2) is 14.5 Å². The van der Waals surface area contributed by atoms with Gasteiger partial charge in [0.2, 0.25) is 0 Å². The summed E-state index contributed by atoms with van der Waals surface area (Å²) in [6.45, 7) is 5.87. The summed E-state index contributed by atoms with van der Waals surface area (Å²) in [7, 11) is -3.60. The maximum Gasteiger partial charge on any atom is 0.263 e. The molecule has 1 aromatic carbocycles. The maximum absolute atomic E-state index is 12.8. The molecule has 0 bridgehead atoms. The molecule has 1 aliphatic heterocycles. The van der Waals surface area contributed by atoms with E-state index < -0.39 is 10.0 Å². The minimum Gasteiger partial charge on any atom is -0.280 e. The van der Waals surface area contributed by atoms with Crippen LogP contribution in [0.2, 0.25) is 0 Å². The van der Waals surface area contributed by atoms with Gasteiger partial charge in [0.15, 0.2) is 0 Å². The number of hydrogen-bond donors (Lipinski definition) is 3. The van der Waals surface area contributed by atoms with Crippen LogP contribution < -0.4 is 15.6 Å². The lowest BCUT2D eigenvalue weighted by Crippen LogP contribution is -2.28. The zero-order valence-electron chi connectivity index (χ0n) is 13.7. The van der Waals surface area contributed by atoms with E-state index in [1.54, 1.807) is 12.1 Å². The van der Waals surface area contributed by atoms with Crippen molar-refractivity contribution in [3.63, 3.8) is 0 Å². The van der Waals surface area contributed by atoms with E-state index >= 15 is 0 Å². The van der Waals surface area contributed by atoms with E-state index in [9.17, 15) is 8.42 Å². The van der Waals surface area contributed by atoms with Crippen LogP contribution in [-0.2, 0) is 10.0 Å².